The number of oxime groups is 1. The molecule has 3 unspecified atom stereocenters. The molecule has 0 spiro atoms. The summed E-state index contributed by atoms with van der Waals surface area (Å²) in [5.41, 5.74) is 2.26. The van der Waals surface area contributed by atoms with Crippen LogP contribution in [0.25, 0.3) is 0 Å². The number of benzene rings is 1. The maximum absolute atomic E-state index is 14.1. The Morgan fingerprint density at radius 3 is 2.17 bits per heavy atom. The van der Waals surface area contributed by atoms with Crippen LogP contribution in [0.4, 0.5) is 4.39 Å². The highest BCUT2D eigenvalue weighted by Gasteiger charge is 2.48. The number of nitrogens with zero attached hydrogens (tertiary/aromatic N) is 3. The largest absolute Gasteiger partial charge is 0.462 e. The fourth-order valence-corrected chi connectivity index (χ4v) is 11.4. The molecule has 15 nitrogen and oxygen atoms in total. The van der Waals surface area contributed by atoms with Gasteiger partial charge in [-0.2, -0.15) is 0 Å². The fraction of sp³-hybridized carbons (Fsp3) is 0.778. The predicted molar refractivity (Wildman–Crippen MR) is 266 cm³/mol. The van der Waals surface area contributed by atoms with Crippen LogP contribution >= 0.6 is 0 Å². The van der Waals surface area contributed by atoms with Gasteiger partial charge in [-0.3, -0.25) is 4.79 Å². The van der Waals surface area contributed by atoms with Crippen LogP contribution in [0.5, 0.6) is 0 Å². The topological polar surface area (TPSA) is 181 Å². The van der Waals surface area contributed by atoms with Crippen LogP contribution in [0.3, 0.4) is 0 Å². The number of esters is 1. The van der Waals surface area contributed by atoms with Gasteiger partial charge < -0.3 is 63.5 Å². The van der Waals surface area contributed by atoms with Gasteiger partial charge in [-0.15, -0.1) is 0 Å². The fourth-order valence-electron chi connectivity index (χ4n) is 11.4. The first-order valence-electron chi connectivity index (χ1n) is 25.8. The van der Waals surface area contributed by atoms with Crippen molar-refractivity contribution >= 4 is 11.7 Å². The highest BCUT2D eigenvalue weighted by molar-refractivity contribution is 5.96. The number of hydrogen-bond donors (Lipinski definition) is 4. The minimum atomic E-state index is -1.24. The number of rotatable bonds is 15. The molecule has 1 saturated carbocycles. The summed E-state index contributed by atoms with van der Waals surface area (Å²) >= 11 is 0. The van der Waals surface area contributed by atoms with E-state index in [0.29, 0.717) is 43.2 Å². The van der Waals surface area contributed by atoms with Gasteiger partial charge in [0, 0.05) is 45.1 Å². The summed E-state index contributed by atoms with van der Waals surface area (Å²) in [6.07, 6.45) is 0.00537. The normalized spacial score (nSPS) is 40.7. The number of halogens is 1. The van der Waals surface area contributed by atoms with E-state index in [1.54, 1.807) is 52.3 Å². The van der Waals surface area contributed by atoms with Crippen LogP contribution in [0, 0.1) is 47.2 Å². The molecule has 0 amide bonds. The second-order valence-electron chi connectivity index (χ2n) is 21.5. The van der Waals surface area contributed by atoms with Crippen molar-refractivity contribution in [2.45, 2.75) is 174 Å². The molecule has 0 bridgehead atoms. The lowest BCUT2D eigenvalue weighted by molar-refractivity contribution is -0.304. The molecular formula is C54H88FN3O12. The van der Waals surface area contributed by atoms with Crippen LogP contribution < -0.4 is 0 Å². The number of cyclic esters (lactones) is 1. The molecule has 0 aromatic heterocycles. The van der Waals surface area contributed by atoms with Crippen molar-refractivity contribution in [3.05, 3.63) is 59.4 Å². The number of likely N-dealkylation sites (tertiary alicyclic amines) is 1. The van der Waals surface area contributed by atoms with E-state index in [0.717, 1.165) is 37.2 Å². The first-order valence-corrected chi connectivity index (χ1v) is 25.8. The zero-order valence-electron chi connectivity index (χ0n) is 44.1. The Labute approximate surface area is 417 Å². The summed E-state index contributed by atoms with van der Waals surface area (Å²) in [7, 11) is 6.71. The summed E-state index contributed by atoms with van der Waals surface area (Å²) in [6.45, 7) is 19.1. The van der Waals surface area contributed by atoms with Crippen LogP contribution in [0.2, 0.25) is 0 Å². The van der Waals surface area contributed by atoms with E-state index in [1.807, 2.05) is 45.9 Å². The zero-order chi connectivity index (χ0) is 51.4. The van der Waals surface area contributed by atoms with E-state index >= 15 is 0 Å². The van der Waals surface area contributed by atoms with Crippen LogP contribution in [-0.2, 0) is 44.7 Å². The molecule has 0 radical (unpaired) electrons. The molecule has 70 heavy (non-hydrogen) atoms. The minimum Gasteiger partial charge on any atom is -0.462 e. The SMILES string of the molecule is CC[C@H]1OC(=O)C[C@@H](O)[C@H](C)[C@@H](O[C@@H]2O[C@H](C)[C@@H](O)[C@H](N(C)C)[C@@H]2O)[C@@H](CCN2CC(C)CC(C)C2)C[C@@H](C)C(=N\OCc2ccc(F)cc2)/C=C/C(C)=C/C1CO[C@@H]1C[C@H](C)[C@@H](O)[C@@H](OC)[C@H]1OC. The number of carbonyl (C=O) groups excluding carboxylic acids is 1. The lowest BCUT2D eigenvalue weighted by Crippen LogP contribution is -2.63. The molecule has 3 aliphatic heterocycles. The summed E-state index contributed by atoms with van der Waals surface area (Å²) in [4.78, 5) is 24.4. The van der Waals surface area contributed by atoms with Crippen molar-refractivity contribution in [1.29, 1.82) is 0 Å². The van der Waals surface area contributed by atoms with E-state index in [2.05, 4.69) is 25.7 Å². The van der Waals surface area contributed by atoms with E-state index < -0.39 is 91.2 Å². The Bertz CT molecular complexity index is 1830. The number of piperidine rings is 1. The van der Waals surface area contributed by atoms with Crippen molar-refractivity contribution in [3.8, 4) is 0 Å². The average Bonchev–Trinajstić information content (AvgIpc) is 3.30. The monoisotopic (exact) mass is 990 g/mol. The second-order valence-corrected chi connectivity index (χ2v) is 21.5. The van der Waals surface area contributed by atoms with Crippen LogP contribution in [0.1, 0.15) is 99.5 Å². The van der Waals surface area contributed by atoms with Gasteiger partial charge in [-0.25, -0.2) is 4.39 Å². The standard InChI is InChI=1S/C54H88FN3O12/c1-13-44-40(30-66-45-25-35(6)48(61)53(65-12)52(45)64-11)23-31(2)14-19-42(56-67-29-38-15-17-41(55)18-16-38)34(5)24-39(20-21-58-27-32(3)22-33(4)28-58)51(36(7)43(59)26-46(60)69-44)70-54-50(63)47(57(9)10)49(62)37(8)68-54/h14-19,23,32-37,39-40,43-45,47-54,59,61-63H,13,20-22,24-30H2,1-12H3/b19-14+,31-23+,56-42-/t32?,33?,34-,35+,36+,37-,39+,40?,43-,44-,45-,47+,48-,49-,50+,51-,52+,53-,54+/m1/s1. The highest BCUT2D eigenvalue weighted by atomic mass is 19.1. The number of allylic oxidation sites excluding steroid dienone is 3. The number of ether oxygens (including phenoxy) is 6. The van der Waals surface area contributed by atoms with Crippen molar-refractivity contribution in [1.82, 2.24) is 9.80 Å². The van der Waals surface area contributed by atoms with Gasteiger partial charge in [0.1, 0.15) is 36.8 Å². The van der Waals surface area contributed by atoms with Crippen LogP contribution in [-0.4, -0.2) is 170 Å². The molecule has 16 heteroatoms. The highest BCUT2D eigenvalue weighted by Crippen LogP contribution is 2.37. The van der Waals surface area contributed by atoms with Gasteiger partial charge in [-0.05, 0) is 114 Å². The Morgan fingerprint density at radius 2 is 1.54 bits per heavy atom. The minimum absolute atomic E-state index is 0.114. The van der Waals surface area contributed by atoms with Crippen molar-refractivity contribution in [3.63, 3.8) is 0 Å². The van der Waals surface area contributed by atoms with Gasteiger partial charge in [0.05, 0.1) is 61.4 Å². The van der Waals surface area contributed by atoms with E-state index in [1.165, 1.54) is 12.1 Å². The molecule has 398 valence electrons. The Hall–Kier alpha value is -2.87. The van der Waals surface area contributed by atoms with Gasteiger partial charge in [0.25, 0.3) is 0 Å². The van der Waals surface area contributed by atoms with Gasteiger partial charge in [0.15, 0.2) is 6.29 Å². The van der Waals surface area contributed by atoms with Gasteiger partial charge in [0.2, 0.25) is 0 Å². The summed E-state index contributed by atoms with van der Waals surface area (Å²) in [5.74, 6) is -1.56. The number of aliphatic hydroxyl groups is 4. The van der Waals surface area contributed by atoms with Gasteiger partial charge in [-0.1, -0.05) is 76.6 Å². The summed E-state index contributed by atoms with van der Waals surface area (Å²) < 4.78 is 51.5. The molecule has 1 aliphatic carbocycles. The molecule has 3 fully saturated rings. The van der Waals surface area contributed by atoms with E-state index in [-0.39, 0.29) is 43.2 Å². The van der Waals surface area contributed by atoms with E-state index in [4.69, 9.17) is 38.4 Å². The number of likely N-dealkylation sites (N-methyl/N-ethyl adjacent to an activating group) is 1. The molecule has 2 saturated heterocycles. The zero-order valence-corrected chi connectivity index (χ0v) is 44.1. The second kappa shape index (κ2) is 27.4. The van der Waals surface area contributed by atoms with Crippen molar-refractivity contribution in [2.75, 3.05) is 54.6 Å². The average molecular weight is 990 g/mol. The maximum Gasteiger partial charge on any atom is 0.308 e. The Kier molecular flexibility index (Phi) is 22.7. The molecule has 1 aromatic rings. The first-order chi connectivity index (χ1) is 33.2. The third kappa shape index (κ3) is 15.8. The molecule has 4 N–H and O–H groups in total. The summed E-state index contributed by atoms with van der Waals surface area (Å²) in [5, 5.41) is 50.9. The van der Waals surface area contributed by atoms with Crippen LogP contribution in [0.15, 0.2) is 53.2 Å². The number of methoxy groups -OCH3 is 2. The molecule has 4 aliphatic rings. The Morgan fingerprint density at radius 1 is 0.871 bits per heavy atom. The molecule has 19 atom stereocenters. The molecular weight excluding hydrogens is 902 g/mol. The third-order valence-electron chi connectivity index (χ3n) is 15.3. The number of carbonyl (C=O) groups is 1. The lowest BCUT2D eigenvalue weighted by Gasteiger charge is -2.47. The van der Waals surface area contributed by atoms with E-state index in [9.17, 15) is 29.6 Å². The van der Waals surface area contributed by atoms with Crippen molar-refractivity contribution in [2.24, 2.45) is 46.6 Å². The number of hydrogen-bond acceptors (Lipinski definition) is 15. The Balaban J connectivity index is 1.56. The molecule has 1 aromatic carbocycles. The number of aliphatic hydroxyl groups excluding tert-OH is 4. The lowest BCUT2D eigenvalue weighted by atomic mass is 9.79. The van der Waals surface area contributed by atoms with Gasteiger partial charge >= 0.3 is 5.97 Å². The smallest absolute Gasteiger partial charge is 0.308 e. The summed E-state index contributed by atoms with van der Waals surface area (Å²) in [6, 6.07) is 5.41. The predicted octanol–water partition coefficient (Wildman–Crippen LogP) is 6.15. The molecule has 3 heterocycles. The third-order valence-corrected chi connectivity index (χ3v) is 15.3. The maximum atomic E-state index is 14.1. The first kappa shape index (κ1) is 58.0. The quantitative estimate of drug-likeness (QED) is 0.116. The molecule has 5 rings (SSSR count). The van der Waals surface area contributed by atoms with Crippen molar-refractivity contribution < 1.29 is 62.9 Å².